The molecule has 0 aliphatic carbocycles. The first-order valence-corrected chi connectivity index (χ1v) is 8.96. The molecule has 1 fully saturated rings. The maximum Gasteiger partial charge on any atom is 0.412 e. The highest BCUT2D eigenvalue weighted by atomic mass is 16.6. The number of rotatable bonds is 7. The number of hydrogen-bond donors (Lipinski definition) is 1. The second kappa shape index (κ2) is 9.42. The molecule has 1 aliphatic rings. The number of ether oxygens (including phenoxy) is 1. The fourth-order valence-electron chi connectivity index (χ4n) is 3.04. The lowest BCUT2D eigenvalue weighted by Gasteiger charge is -2.29. The van der Waals surface area contributed by atoms with Crippen LogP contribution in [0.1, 0.15) is 44.6 Å². The summed E-state index contributed by atoms with van der Waals surface area (Å²) in [6, 6.07) is 8.69. The summed E-state index contributed by atoms with van der Waals surface area (Å²) >= 11 is 0. The van der Waals surface area contributed by atoms with Gasteiger partial charge in [0.15, 0.2) is 0 Å². The van der Waals surface area contributed by atoms with E-state index in [0.717, 1.165) is 24.8 Å². The van der Waals surface area contributed by atoms with Gasteiger partial charge in [0.1, 0.15) is 18.9 Å². The van der Waals surface area contributed by atoms with Gasteiger partial charge in [-0.25, -0.2) is 4.79 Å². The molecular formula is C19H28N2O4. The Kier molecular flexibility index (Phi) is 7.25. The molecule has 0 radical (unpaired) electrons. The van der Waals surface area contributed by atoms with Crippen LogP contribution in [0.15, 0.2) is 30.3 Å². The van der Waals surface area contributed by atoms with Crippen molar-refractivity contribution in [2.75, 3.05) is 13.6 Å². The van der Waals surface area contributed by atoms with Crippen molar-refractivity contribution in [2.45, 2.75) is 57.9 Å². The number of aliphatic hydroxyl groups is 1. The van der Waals surface area contributed by atoms with Crippen molar-refractivity contribution in [1.82, 2.24) is 9.80 Å². The number of benzene rings is 1. The number of aliphatic hydroxyl groups excluding tert-OH is 1. The number of likely N-dealkylation sites (N-methyl/N-ethyl adjacent to an activating group) is 1. The maximum atomic E-state index is 12.6. The second-order valence-corrected chi connectivity index (χ2v) is 6.49. The number of hydrogen-bond acceptors (Lipinski definition) is 4. The van der Waals surface area contributed by atoms with Crippen LogP contribution in [0.5, 0.6) is 0 Å². The number of amides is 2. The van der Waals surface area contributed by atoms with Crippen LogP contribution in [-0.2, 0) is 16.1 Å². The summed E-state index contributed by atoms with van der Waals surface area (Å²) in [7, 11) is 1.75. The lowest BCUT2D eigenvalue weighted by molar-refractivity contribution is -0.136. The standard InChI is InChI=1S/C19H28N2O4/c1-3-4-8-13-20(2)18(23)16-11-12-17(22)21(16)19(24)25-14-15-9-6-5-7-10-15/h5-7,9-10,16-17,22H,3-4,8,11-14H2,1-2H3/t16-,17?/m0/s1. The van der Waals surface area contributed by atoms with Gasteiger partial charge in [0.05, 0.1) is 0 Å². The highest BCUT2D eigenvalue weighted by Gasteiger charge is 2.42. The summed E-state index contributed by atoms with van der Waals surface area (Å²) in [5, 5.41) is 10.1. The van der Waals surface area contributed by atoms with Gasteiger partial charge in [0, 0.05) is 13.6 Å². The van der Waals surface area contributed by atoms with Crippen molar-refractivity contribution in [3.05, 3.63) is 35.9 Å². The zero-order chi connectivity index (χ0) is 18.2. The minimum atomic E-state index is -0.971. The molecule has 6 heteroatoms. The molecular weight excluding hydrogens is 320 g/mol. The number of likely N-dealkylation sites (tertiary alicyclic amines) is 1. The van der Waals surface area contributed by atoms with E-state index in [0.29, 0.717) is 19.4 Å². The first-order valence-electron chi connectivity index (χ1n) is 8.96. The van der Waals surface area contributed by atoms with Gasteiger partial charge in [0.2, 0.25) is 5.91 Å². The molecule has 2 rings (SSSR count). The van der Waals surface area contributed by atoms with Gasteiger partial charge in [0.25, 0.3) is 0 Å². The van der Waals surface area contributed by atoms with Gasteiger partial charge < -0.3 is 14.7 Å². The van der Waals surface area contributed by atoms with Gasteiger partial charge in [-0.15, -0.1) is 0 Å². The maximum absolute atomic E-state index is 12.6. The Bertz CT molecular complexity index is 564. The van der Waals surface area contributed by atoms with E-state index in [-0.39, 0.29) is 12.5 Å². The number of unbranched alkanes of at least 4 members (excludes halogenated alkanes) is 2. The fraction of sp³-hybridized carbons (Fsp3) is 0.579. The summed E-state index contributed by atoms with van der Waals surface area (Å²) in [6.07, 6.45) is 2.32. The third-order valence-corrected chi connectivity index (χ3v) is 4.53. The summed E-state index contributed by atoms with van der Waals surface area (Å²) in [5.41, 5.74) is 0.865. The topological polar surface area (TPSA) is 70.1 Å². The molecule has 0 saturated carbocycles. The van der Waals surface area contributed by atoms with Crippen molar-refractivity contribution in [2.24, 2.45) is 0 Å². The van der Waals surface area contributed by atoms with Gasteiger partial charge in [-0.05, 0) is 24.8 Å². The van der Waals surface area contributed by atoms with Crippen LogP contribution in [0.2, 0.25) is 0 Å². The van der Waals surface area contributed by atoms with Crippen LogP contribution in [-0.4, -0.2) is 52.8 Å². The summed E-state index contributed by atoms with van der Waals surface area (Å²) < 4.78 is 5.30. The number of carbonyl (C=O) groups is 2. The first-order chi connectivity index (χ1) is 12.0. The molecule has 138 valence electrons. The van der Waals surface area contributed by atoms with Crippen LogP contribution < -0.4 is 0 Å². The highest BCUT2D eigenvalue weighted by Crippen LogP contribution is 2.25. The predicted octanol–water partition coefficient (Wildman–Crippen LogP) is 2.75. The average Bonchev–Trinajstić information content (AvgIpc) is 3.01. The van der Waals surface area contributed by atoms with Gasteiger partial charge in [-0.1, -0.05) is 50.1 Å². The van der Waals surface area contributed by atoms with E-state index in [4.69, 9.17) is 4.74 Å². The molecule has 0 aromatic heterocycles. The Morgan fingerprint density at radius 1 is 1.24 bits per heavy atom. The average molecular weight is 348 g/mol. The smallest absolute Gasteiger partial charge is 0.412 e. The van der Waals surface area contributed by atoms with E-state index in [2.05, 4.69) is 6.92 Å². The fourth-order valence-corrected chi connectivity index (χ4v) is 3.04. The Hall–Kier alpha value is -2.08. The number of carbonyl (C=O) groups excluding carboxylic acids is 2. The Balaban J connectivity index is 1.94. The molecule has 1 heterocycles. The third kappa shape index (κ3) is 5.19. The van der Waals surface area contributed by atoms with Crippen molar-refractivity contribution < 1.29 is 19.4 Å². The van der Waals surface area contributed by atoms with Crippen molar-refractivity contribution in [3.63, 3.8) is 0 Å². The Labute approximate surface area is 149 Å². The Morgan fingerprint density at radius 3 is 2.64 bits per heavy atom. The highest BCUT2D eigenvalue weighted by molar-refractivity contribution is 5.86. The molecule has 0 bridgehead atoms. The van der Waals surface area contributed by atoms with Crippen LogP contribution in [0.25, 0.3) is 0 Å². The van der Waals surface area contributed by atoms with Crippen molar-refractivity contribution >= 4 is 12.0 Å². The summed E-state index contributed by atoms with van der Waals surface area (Å²) in [6.45, 7) is 2.89. The van der Waals surface area contributed by atoms with Crippen LogP contribution in [0.4, 0.5) is 4.79 Å². The van der Waals surface area contributed by atoms with E-state index >= 15 is 0 Å². The van der Waals surface area contributed by atoms with Crippen LogP contribution in [0.3, 0.4) is 0 Å². The molecule has 1 aromatic carbocycles. The normalized spacial score (nSPS) is 19.7. The van der Waals surface area contributed by atoms with E-state index in [1.165, 1.54) is 4.90 Å². The third-order valence-electron chi connectivity index (χ3n) is 4.53. The van der Waals surface area contributed by atoms with Gasteiger partial charge in [-0.2, -0.15) is 0 Å². The van der Waals surface area contributed by atoms with E-state index in [1.807, 2.05) is 30.3 Å². The van der Waals surface area contributed by atoms with Gasteiger partial charge in [-0.3, -0.25) is 9.69 Å². The van der Waals surface area contributed by atoms with Gasteiger partial charge >= 0.3 is 6.09 Å². The molecule has 1 aliphatic heterocycles. The van der Waals surface area contributed by atoms with Crippen molar-refractivity contribution in [1.29, 1.82) is 0 Å². The molecule has 0 spiro atoms. The zero-order valence-corrected chi connectivity index (χ0v) is 15.1. The second-order valence-electron chi connectivity index (χ2n) is 6.49. The number of nitrogens with zero attached hydrogens (tertiary/aromatic N) is 2. The monoisotopic (exact) mass is 348 g/mol. The van der Waals surface area contributed by atoms with Crippen molar-refractivity contribution in [3.8, 4) is 0 Å². The Morgan fingerprint density at radius 2 is 1.96 bits per heavy atom. The van der Waals surface area contributed by atoms with E-state index < -0.39 is 18.4 Å². The predicted molar refractivity (Wildman–Crippen MR) is 94.7 cm³/mol. The molecule has 25 heavy (non-hydrogen) atoms. The quantitative estimate of drug-likeness (QED) is 0.769. The van der Waals surface area contributed by atoms with Crippen LogP contribution >= 0.6 is 0 Å². The minimum absolute atomic E-state index is 0.121. The summed E-state index contributed by atoms with van der Waals surface area (Å²) in [4.78, 5) is 27.9. The minimum Gasteiger partial charge on any atom is -0.444 e. The first kappa shape index (κ1) is 19.2. The van der Waals surface area contributed by atoms with Crippen LogP contribution in [0, 0.1) is 0 Å². The molecule has 1 saturated heterocycles. The molecule has 2 amide bonds. The molecule has 1 unspecified atom stereocenters. The zero-order valence-electron chi connectivity index (χ0n) is 15.1. The SMILES string of the molecule is CCCCCN(C)C(=O)[C@@H]1CCC(O)N1C(=O)OCc1ccccc1. The molecule has 6 nitrogen and oxygen atoms in total. The molecule has 1 aromatic rings. The van der Waals surface area contributed by atoms with E-state index in [9.17, 15) is 14.7 Å². The lowest BCUT2D eigenvalue weighted by atomic mass is 10.2. The largest absolute Gasteiger partial charge is 0.444 e. The van der Waals surface area contributed by atoms with E-state index in [1.54, 1.807) is 11.9 Å². The molecule has 2 atom stereocenters. The summed E-state index contributed by atoms with van der Waals surface area (Å²) in [5.74, 6) is -0.135. The lowest BCUT2D eigenvalue weighted by Crippen LogP contribution is -2.49. The molecule has 1 N–H and O–H groups in total.